The maximum atomic E-state index is 12.9. The van der Waals surface area contributed by atoms with Crippen molar-refractivity contribution in [3.05, 3.63) is 64.1 Å². The van der Waals surface area contributed by atoms with E-state index in [0.717, 1.165) is 34.0 Å². The van der Waals surface area contributed by atoms with Gasteiger partial charge >= 0.3 is 0 Å². The number of rotatable bonds is 3. The summed E-state index contributed by atoms with van der Waals surface area (Å²) in [5.74, 6) is 0.438. The molecule has 25 heavy (non-hydrogen) atoms. The SMILES string of the molecule is COc1cccc(/C(C)=C2\SC(=O)N(c3ccc(C)cc3C)C2=O)c1. The molecule has 2 amide bonds. The van der Waals surface area contributed by atoms with E-state index in [1.807, 2.05) is 63.2 Å². The molecular weight excluding hydrogens is 334 g/mol. The summed E-state index contributed by atoms with van der Waals surface area (Å²) in [6.07, 6.45) is 0. The van der Waals surface area contributed by atoms with Crippen LogP contribution in [0.5, 0.6) is 5.75 Å². The van der Waals surface area contributed by atoms with E-state index in [9.17, 15) is 9.59 Å². The van der Waals surface area contributed by atoms with Gasteiger partial charge in [0.05, 0.1) is 17.7 Å². The highest BCUT2D eigenvalue weighted by atomic mass is 32.2. The van der Waals surface area contributed by atoms with E-state index in [1.165, 1.54) is 4.90 Å². The van der Waals surface area contributed by atoms with Crippen LogP contribution in [0.4, 0.5) is 10.5 Å². The summed E-state index contributed by atoms with van der Waals surface area (Å²) in [5.41, 5.74) is 4.28. The van der Waals surface area contributed by atoms with Crippen LogP contribution in [-0.4, -0.2) is 18.3 Å². The molecule has 0 bridgehead atoms. The predicted molar refractivity (Wildman–Crippen MR) is 102 cm³/mol. The van der Waals surface area contributed by atoms with E-state index in [2.05, 4.69) is 0 Å². The highest BCUT2D eigenvalue weighted by Crippen LogP contribution is 2.40. The lowest BCUT2D eigenvalue weighted by molar-refractivity contribution is -0.113. The molecule has 5 heteroatoms. The van der Waals surface area contributed by atoms with Crippen molar-refractivity contribution in [3.8, 4) is 5.75 Å². The minimum Gasteiger partial charge on any atom is -0.497 e. The van der Waals surface area contributed by atoms with Crippen molar-refractivity contribution < 1.29 is 14.3 Å². The van der Waals surface area contributed by atoms with Crippen LogP contribution in [0.15, 0.2) is 47.4 Å². The number of nitrogens with zero attached hydrogens (tertiary/aromatic N) is 1. The summed E-state index contributed by atoms with van der Waals surface area (Å²) in [4.78, 5) is 27.1. The van der Waals surface area contributed by atoms with Crippen LogP contribution in [-0.2, 0) is 4.79 Å². The Hall–Kier alpha value is -2.53. The second-order valence-corrected chi connectivity index (χ2v) is 6.95. The number of benzene rings is 2. The lowest BCUT2D eigenvalue weighted by Crippen LogP contribution is -2.28. The van der Waals surface area contributed by atoms with Gasteiger partial charge in [0, 0.05) is 0 Å². The third-order valence-corrected chi connectivity index (χ3v) is 5.25. The van der Waals surface area contributed by atoms with Crippen LogP contribution in [0.1, 0.15) is 23.6 Å². The van der Waals surface area contributed by atoms with Gasteiger partial charge in [0.1, 0.15) is 5.75 Å². The Labute approximate surface area is 151 Å². The Morgan fingerprint density at radius 2 is 1.84 bits per heavy atom. The minimum atomic E-state index is -0.276. The van der Waals surface area contributed by atoms with Gasteiger partial charge in [-0.2, -0.15) is 0 Å². The van der Waals surface area contributed by atoms with Crippen LogP contribution in [0.3, 0.4) is 0 Å². The van der Waals surface area contributed by atoms with Crippen molar-refractivity contribution in [1.82, 2.24) is 0 Å². The summed E-state index contributed by atoms with van der Waals surface area (Å²) < 4.78 is 5.24. The Morgan fingerprint density at radius 1 is 1.08 bits per heavy atom. The molecule has 0 radical (unpaired) electrons. The van der Waals surface area contributed by atoms with Crippen LogP contribution in [0.25, 0.3) is 5.57 Å². The van der Waals surface area contributed by atoms with E-state index in [-0.39, 0.29) is 11.1 Å². The predicted octanol–water partition coefficient (Wildman–Crippen LogP) is 4.94. The van der Waals surface area contributed by atoms with Crippen molar-refractivity contribution in [2.24, 2.45) is 0 Å². The number of anilines is 1. The van der Waals surface area contributed by atoms with Gasteiger partial charge in [-0.3, -0.25) is 9.59 Å². The van der Waals surface area contributed by atoms with Crippen LogP contribution >= 0.6 is 11.8 Å². The smallest absolute Gasteiger partial charge is 0.298 e. The highest BCUT2D eigenvalue weighted by Gasteiger charge is 2.38. The average Bonchev–Trinajstić information content (AvgIpc) is 2.89. The molecule has 1 saturated heterocycles. The van der Waals surface area contributed by atoms with Crippen LogP contribution < -0.4 is 9.64 Å². The number of carbonyl (C=O) groups is 2. The molecule has 0 unspecified atom stereocenters. The zero-order valence-corrected chi connectivity index (χ0v) is 15.4. The molecular formula is C20H19NO3S. The fourth-order valence-electron chi connectivity index (χ4n) is 2.85. The first kappa shape index (κ1) is 17.3. The second kappa shape index (κ2) is 6.76. The van der Waals surface area contributed by atoms with Crippen molar-refractivity contribution in [2.45, 2.75) is 20.8 Å². The number of hydrogen-bond acceptors (Lipinski definition) is 4. The molecule has 1 aliphatic heterocycles. The number of methoxy groups -OCH3 is 1. The average molecular weight is 353 g/mol. The first-order valence-electron chi connectivity index (χ1n) is 7.91. The first-order valence-corrected chi connectivity index (χ1v) is 8.73. The Kier molecular flexibility index (Phi) is 4.68. The Morgan fingerprint density at radius 3 is 2.52 bits per heavy atom. The molecule has 0 aliphatic carbocycles. The fraction of sp³-hybridized carbons (Fsp3) is 0.200. The van der Waals surface area contributed by atoms with Crippen molar-refractivity contribution in [2.75, 3.05) is 12.0 Å². The monoisotopic (exact) mass is 353 g/mol. The maximum Gasteiger partial charge on any atom is 0.298 e. The van der Waals surface area contributed by atoms with E-state index < -0.39 is 0 Å². The molecule has 1 aliphatic rings. The van der Waals surface area contributed by atoms with Crippen LogP contribution in [0.2, 0.25) is 0 Å². The van der Waals surface area contributed by atoms with Crippen molar-refractivity contribution >= 4 is 34.2 Å². The molecule has 4 nitrogen and oxygen atoms in total. The molecule has 128 valence electrons. The molecule has 0 aromatic heterocycles. The fourth-order valence-corrected chi connectivity index (χ4v) is 3.75. The summed E-state index contributed by atoms with van der Waals surface area (Å²) in [5, 5.41) is -0.269. The Bertz CT molecular complexity index is 902. The van der Waals surface area contributed by atoms with Gasteiger partial charge in [-0.05, 0) is 67.4 Å². The van der Waals surface area contributed by atoms with Gasteiger partial charge < -0.3 is 4.74 Å². The molecule has 2 aromatic rings. The summed E-state index contributed by atoms with van der Waals surface area (Å²) in [7, 11) is 1.60. The van der Waals surface area contributed by atoms with Crippen molar-refractivity contribution in [3.63, 3.8) is 0 Å². The third-order valence-electron chi connectivity index (χ3n) is 4.21. The lowest BCUT2D eigenvalue weighted by Gasteiger charge is -2.16. The molecule has 2 aromatic carbocycles. The number of carbonyl (C=O) groups excluding carboxylic acids is 2. The number of allylic oxidation sites excluding steroid dienone is 1. The summed E-state index contributed by atoms with van der Waals surface area (Å²) in [6.45, 7) is 5.75. The van der Waals surface area contributed by atoms with E-state index >= 15 is 0 Å². The minimum absolute atomic E-state index is 0.269. The maximum absolute atomic E-state index is 12.9. The lowest BCUT2D eigenvalue weighted by atomic mass is 10.1. The number of thioether (sulfide) groups is 1. The topological polar surface area (TPSA) is 46.6 Å². The third kappa shape index (κ3) is 3.20. The second-order valence-electron chi connectivity index (χ2n) is 5.98. The van der Waals surface area contributed by atoms with Gasteiger partial charge in [-0.15, -0.1) is 0 Å². The quantitative estimate of drug-likeness (QED) is 0.733. The van der Waals surface area contributed by atoms with Gasteiger partial charge in [0.2, 0.25) is 0 Å². The zero-order chi connectivity index (χ0) is 18.1. The Balaban J connectivity index is 2.03. The molecule has 1 fully saturated rings. The molecule has 3 rings (SSSR count). The number of amides is 2. The van der Waals surface area contributed by atoms with Gasteiger partial charge in [-0.25, -0.2) is 4.90 Å². The van der Waals surface area contributed by atoms with Gasteiger partial charge in [0.25, 0.3) is 11.1 Å². The van der Waals surface area contributed by atoms with Crippen LogP contribution in [0, 0.1) is 13.8 Å². The largest absolute Gasteiger partial charge is 0.497 e. The van der Waals surface area contributed by atoms with E-state index in [0.29, 0.717) is 16.3 Å². The zero-order valence-electron chi connectivity index (χ0n) is 14.6. The molecule has 0 N–H and O–H groups in total. The number of ether oxygens (including phenoxy) is 1. The van der Waals surface area contributed by atoms with Gasteiger partial charge in [0.15, 0.2) is 0 Å². The molecule has 0 spiro atoms. The summed E-state index contributed by atoms with van der Waals surface area (Å²) >= 11 is 0.982. The first-order chi connectivity index (χ1) is 11.9. The summed E-state index contributed by atoms with van der Waals surface area (Å²) in [6, 6.07) is 13.2. The molecule has 1 heterocycles. The van der Waals surface area contributed by atoms with Gasteiger partial charge in [-0.1, -0.05) is 29.8 Å². The number of hydrogen-bond donors (Lipinski definition) is 0. The molecule has 0 saturated carbocycles. The highest BCUT2D eigenvalue weighted by molar-refractivity contribution is 8.19. The number of aryl methyl sites for hydroxylation is 2. The number of imide groups is 1. The normalized spacial score (nSPS) is 16.4. The van der Waals surface area contributed by atoms with Crippen molar-refractivity contribution in [1.29, 1.82) is 0 Å². The molecule has 0 atom stereocenters. The standard InChI is InChI=1S/C20H19NO3S/c1-12-8-9-17(13(2)10-12)21-19(22)18(25-20(21)23)14(3)15-6-5-7-16(11-15)24-4/h5-11H,1-4H3/b18-14-. The van der Waals surface area contributed by atoms with E-state index in [4.69, 9.17) is 4.74 Å². The van der Waals surface area contributed by atoms with E-state index in [1.54, 1.807) is 7.11 Å².